The molecule has 1 aromatic rings. The number of rotatable bonds is 4. The van der Waals surface area contributed by atoms with Crippen LogP contribution in [0.25, 0.3) is 0 Å². The molecule has 5 heteroatoms. The normalized spacial score (nSPS) is 18.5. The van der Waals surface area contributed by atoms with Crippen LogP contribution in [0.5, 0.6) is 0 Å². The molecule has 19 heavy (non-hydrogen) atoms. The fourth-order valence-electron chi connectivity index (χ4n) is 2.27. The first kappa shape index (κ1) is 14.1. The molecule has 1 aliphatic heterocycles. The first-order valence-electron chi connectivity index (χ1n) is 6.49. The van der Waals surface area contributed by atoms with Crippen molar-refractivity contribution in [1.82, 2.24) is 0 Å². The molecule has 106 valence electrons. The van der Waals surface area contributed by atoms with Crippen LogP contribution in [-0.2, 0) is 4.74 Å². The van der Waals surface area contributed by atoms with Gasteiger partial charge in [-0.25, -0.2) is 8.78 Å². The highest BCUT2D eigenvalue weighted by Crippen LogP contribution is 2.33. The highest BCUT2D eigenvalue weighted by Gasteiger charge is 2.27. The van der Waals surface area contributed by atoms with E-state index >= 15 is 0 Å². The van der Waals surface area contributed by atoms with Crippen LogP contribution in [0.15, 0.2) is 18.2 Å². The van der Waals surface area contributed by atoms with Crippen LogP contribution < -0.4 is 11.1 Å². The summed E-state index contributed by atoms with van der Waals surface area (Å²) in [5, 5.41) is 3.14. The summed E-state index contributed by atoms with van der Waals surface area (Å²) in [5.41, 5.74) is 6.45. The van der Waals surface area contributed by atoms with E-state index in [-0.39, 0.29) is 11.0 Å². The Labute approximate surface area is 112 Å². The van der Waals surface area contributed by atoms with E-state index in [4.69, 9.17) is 10.5 Å². The molecule has 3 N–H and O–H groups in total. The van der Waals surface area contributed by atoms with Crippen molar-refractivity contribution in [3.63, 3.8) is 0 Å². The molecule has 1 aliphatic rings. The Morgan fingerprint density at radius 1 is 1.37 bits per heavy atom. The van der Waals surface area contributed by atoms with Gasteiger partial charge in [0.1, 0.15) is 0 Å². The molecule has 0 bridgehead atoms. The van der Waals surface area contributed by atoms with Crippen molar-refractivity contribution in [2.75, 3.05) is 30.8 Å². The minimum absolute atomic E-state index is 0.0318. The van der Waals surface area contributed by atoms with Gasteiger partial charge in [-0.2, -0.15) is 0 Å². The number of hydrogen-bond donors (Lipinski definition) is 2. The lowest BCUT2D eigenvalue weighted by Crippen LogP contribution is -2.33. The summed E-state index contributed by atoms with van der Waals surface area (Å²) in [4.78, 5) is 0. The maximum Gasteiger partial charge on any atom is 0.265 e. The maximum absolute atomic E-state index is 13.0. The summed E-state index contributed by atoms with van der Waals surface area (Å²) >= 11 is 0. The lowest BCUT2D eigenvalue weighted by atomic mass is 9.82. The summed E-state index contributed by atoms with van der Waals surface area (Å²) in [6.07, 6.45) is -0.633. The van der Waals surface area contributed by atoms with Gasteiger partial charge in [0.2, 0.25) is 0 Å². The molecular formula is C14H20F2N2O. The minimum atomic E-state index is -2.52. The molecule has 0 unspecified atom stereocenters. The monoisotopic (exact) mass is 270 g/mol. The quantitative estimate of drug-likeness (QED) is 0.824. The molecule has 0 radical (unpaired) electrons. The molecule has 0 aromatic heterocycles. The third kappa shape index (κ3) is 3.56. The Kier molecular flexibility index (Phi) is 4.24. The van der Waals surface area contributed by atoms with Gasteiger partial charge in [-0.1, -0.05) is 6.92 Å². The van der Waals surface area contributed by atoms with Crippen LogP contribution in [-0.4, -0.2) is 19.8 Å². The largest absolute Gasteiger partial charge is 0.399 e. The maximum atomic E-state index is 13.0. The van der Waals surface area contributed by atoms with Gasteiger partial charge in [0.15, 0.2) is 0 Å². The summed E-state index contributed by atoms with van der Waals surface area (Å²) in [6.45, 7) is 4.30. The highest BCUT2D eigenvalue weighted by molar-refractivity contribution is 5.58. The summed E-state index contributed by atoms with van der Waals surface area (Å²) in [5.74, 6) is 0. The van der Waals surface area contributed by atoms with Gasteiger partial charge >= 0.3 is 0 Å². The molecule has 0 atom stereocenters. The smallest absolute Gasteiger partial charge is 0.265 e. The van der Waals surface area contributed by atoms with Crippen molar-refractivity contribution >= 4 is 11.4 Å². The lowest BCUT2D eigenvalue weighted by molar-refractivity contribution is 0.0299. The Hall–Kier alpha value is -1.36. The zero-order valence-electron chi connectivity index (χ0n) is 11.1. The number of benzene rings is 1. The predicted molar refractivity (Wildman–Crippen MR) is 72.5 cm³/mol. The zero-order chi connectivity index (χ0) is 13.9. The van der Waals surface area contributed by atoms with Crippen molar-refractivity contribution in [1.29, 1.82) is 0 Å². The van der Waals surface area contributed by atoms with E-state index in [1.807, 2.05) is 0 Å². The van der Waals surface area contributed by atoms with Gasteiger partial charge in [-0.05, 0) is 36.5 Å². The van der Waals surface area contributed by atoms with E-state index in [1.165, 1.54) is 6.07 Å². The molecule has 0 amide bonds. The second kappa shape index (κ2) is 5.74. The third-order valence-corrected chi connectivity index (χ3v) is 3.72. The van der Waals surface area contributed by atoms with E-state index in [0.717, 1.165) is 26.1 Å². The van der Waals surface area contributed by atoms with Crippen molar-refractivity contribution in [2.24, 2.45) is 5.41 Å². The SMILES string of the molecule is CC1(CNc2ccc(N)cc2C(F)F)CCOCC1. The summed E-state index contributed by atoms with van der Waals surface area (Å²) < 4.78 is 31.2. The second-order valence-corrected chi connectivity index (χ2v) is 5.42. The van der Waals surface area contributed by atoms with Gasteiger partial charge in [-0.15, -0.1) is 0 Å². The van der Waals surface area contributed by atoms with Crippen molar-refractivity contribution < 1.29 is 13.5 Å². The zero-order valence-corrected chi connectivity index (χ0v) is 11.1. The van der Waals surface area contributed by atoms with Crippen LogP contribution in [0.1, 0.15) is 31.8 Å². The van der Waals surface area contributed by atoms with E-state index < -0.39 is 6.43 Å². The Morgan fingerprint density at radius 2 is 2.05 bits per heavy atom. The third-order valence-electron chi connectivity index (χ3n) is 3.72. The Bertz CT molecular complexity index is 431. The molecule has 1 aromatic carbocycles. The van der Waals surface area contributed by atoms with Gasteiger partial charge < -0.3 is 15.8 Å². The fraction of sp³-hybridized carbons (Fsp3) is 0.571. The van der Waals surface area contributed by atoms with Crippen molar-refractivity contribution in [2.45, 2.75) is 26.2 Å². The second-order valence-electron chi connectivity index (χ2n) is 5.42. The highest BCUT2D eigenvalue weighted by atomic mass is 19.3. The predicted octanol–water partition coefficient (Wildman–Crippen LogP) is 3.44. The van der Waals surface area contributed by atoms with Gasteiger partial charge in [0, 0.05) is 36.7 Å². The molecule has 2 rings (SSSR count). The molecular weight excluding hydrogens is 250 g/mol. The van der Waals surface area contributed by atoms with Gasteiger partial charge in [-0.3, -0.25) is 0 Å². The van der Waals surface area contributed by atoms with Gasteiger partial charge in [0.05, 0.1) is 0 Å². The number of nitrogen functional groups attached to an aromatic ring is 1. The first-order valence-corrected chi connectivity index (χ1v) is 6.49. The van der Waals surface area contributed by atoms with E-state index in [1.54, 1.807) is 12.1 Å². The van der Waals surface area contributed by atoms with E-state index in [9.17, 15) is 8.78 Å². The van der Waals surface area contributed by atoms with Crippen LogP contribution in [0.4, 0.5) is 20.2 Å². The number of hydrogen-bond acceptors (Lipinski definition) is 3. The molecule has 3 nitrogen and oxygen atoms in total. The van der Waals surface area contributed by atoms with Crippen LogP contribution in [0, 0.1) is 5.41 Å². The number of nitrogens with one attached hydrogen (secondary N) is 1. The molecule has 1 heterocycles. The van der Waals surface area contributed by atoms with Crippen molar-refractivity contribution in [3.8, 4) is 0 Å². The van der Waals surface area contributed by atoms with Crippen molar-refractivity contribution in [3.05, 3.63) is 23.8 Å². The number of anilines is 2. The Balaban J connectivity index is 2.06. The van der Waals surface area contributed by atoms with E-state index in [0.29, 0.717) is 17.9 Å². The average molecular weight is 270 g/mol. The molecule has 0 spiro atoms. The lowest BCUT2D eigenvalue weighted by Gasteiger charge is -2.34. The number of halogens is 2. The average Bonchev–Trinajstić information content (AvgIpc) is 2.38. The van der Waals surface area contributed by atoms with Crippen LogP contribution >= 0.6 is 0 Å². The standard InChI is InChI=1S/C14H20F2N2O/c1-14(4-6-19-7-5-14)9-18-12-3-2-10(17)8-11(12)13(15)16/h2-3,8,13,18H,4-7,9,17H2,1H3. The Morgan fingerprint density at radius 3 is 2.68 bits per heavy atom. The molecule has 0 aliphatic carbocycles. The van der Waals surface area contributed by atoms with Gasteiger partial charge in [0.25, 0.3) is 6.43 Å². The summed E-state index contributed by atoms with van der Waals surface area (Å²) in [7, 11) is 0. The molecule has 1 fully saturated rings. The topological polar surface area (TPSA) is 47.3 Å². The number of alkyl halides is 2. The number of nitrogens with two attached hydrogens (primary N) is 1. The van der Waals surface area contributed by atoms with Crippen LogP contribution in [0.2, 0.25) is 0 Å². The minimum Gasteiger partial charge on any atom is -0.399 e. The van der Waals surface area contributed by atoms with E-state index in [2.05, 4.69) is 12.2 Å². The first-order chi connectivity index (χ1) is 9.00. The number of ether oxygens (including phenoxy) is 1. The van der Waals surface area contributed by atoms with Crippen LogP contribution in [0.3, 0.4) is 0 Å². The molecule has 1 saturated heterocycles. The molecule has 0 saturated carbocycles. The fourth-order valence-corrected chi connectivity index (χ4v) is 2.27. The summed E-state index contributed by atoms with van der Waals surface area (Å²) in [6, 6.07) is 4.60.